The number of aliphatic carboxylic acids is 1. The molecule has 0 aromatic heterocycles. The predicted molar refractivity (Wildman–Crippen MR) is 118 cm³/mol. The van der Waals surface area contributed by atoms with Crippen LogP contribution in [0.4, 0.5) is 5.69 Å². The summed E-state index contributed by atoms with van der Waals surface area (Å²) in [6.45, 7) is 0. The van der Waals surface area contributed by atoms with Crippen LogP contribution in [0.3, 0.4) is 0 Å². The van der Waals surface area contributed by atoms with E-state index in [1.807, 2.05) is 0 Å². The number of nitrogens with one attached hydrogen (secondary N) is 3. The van der Waals surface area contributed by atoms with Crippen LogP contribution in [0.5, 0.6) is 0 Å². The molecule has 10 heteroatoms. The Kier molecular flexibility index (Phi) is 7.60. The first kappa shape index (κ1) is 22.4. The average molecular weight is 468 g/mol. The van der Waals surface area contributed by atoms with E-state index < -0.39 is 17.9 Å². The lowest BCUT2D eigenvalue weighted by Gasteiger charge is -2.17. The maximum atomic E-state index is 12.4. The Bertz CT molecular complexity index is 929. The molecule has 2 atom stereocenters. The number of rotatable bonds is 7. The molecule has 30 heavy (non-hydrogen) atoms. The minimum absolute atomic E-state index is 0.117. The van der Waals surface area contributed by atoms with Crippen molar-refractivity contribution in [3.05, 3.63) is 63.6 Å². The van der Waals surface area contributed by atoms with Gasteiger partial charge in [0.25, 0.3) is 5.91 Å². The van der Waals surface area contributed by atoms with E-state index in [2.05, 4.69) is 16.0 Å². The third-order valence-electron chi connectivity index (χ3n) is 4.49. The van der Waals surface area contributed by atoms with Gasteiger partial charge < -0.3 is 15.7 Å². The molecule has 0 radical (unpaired) electrons. The fraction of sp³-hybridized carbons (Fsp3) is 0.250. The Morgan fingerprint density at radius 3 is 2.37 bits per heavy atom. The summed E-state index contributed by atoms with van der Waals surface area (Å²) in [7, 11) is 0. The number of carboxylic acids is 1. The van der Waals surface area contributed by atoms with Gasteiger partial charge in [0.05, 0.1) is 21.7 Å². The molecule has 2 amide bonds. The van der Waals surface area contributed by atoms with E-state index in [1.165, 1.54) is 0 Å². The number of hydrogen-bond acceptors (Lipinski definition) is 5. The highest BCUT2D eigenvalue weighted by molar-refractivity contribution is 7.99. The zero-order valence-electron chi connectivity index (χ0n) is 15.7. The number of thioether (sulfide) groups is 1. The third-order valence-corrected chi connectivity index (χ3v) is 6.06. The first-order chi connectivity index (χ1) is 14.3. The highest BCUT2D eigenvalue weighted by Gasteiger charge is 2.27. The molecule has 4 N–H and O–H groups in total. The molecule has 7 nitrogen and oxygen atoms in total. The fourth-order valence-electron chi connectivity index (χ4n) is 2.90. The molecular formula is C20H19Cl2N3O4S. The van der Waals surface area contributed by atoms with Crippen LogP contribution in [0.25, 0.3) is 0 Å². The lowest BCUT2D eigenvalue weighted by atomic mass is 10.0. The molecule has 1 aliphatic rings. The van der Waals surface area contributed by atoms with Crippen molar-refractivity contribution in [2.24, 2.45) is 0 Å². The monoisotopic (exact) mass is 467 g/mol. The predicted octanol–water partition coefficient (Wildman–Crippen LogP) is 3.02. The van der Waals surface area contributed by atoms with Crippen molar-refractivity contribution in [2.75, 3.05) is 16.9 Å². The Hall–Kier alpha value is -2.26. The van der Waals surface area contributed by atoms with Crippen LogP contribution in [-0.2, 0) is 16.0 Å². The second-order valence-corrected chi connectivity index (χ2v) is 8.47. The SMILES string of the molecule is O=C(Nc1ccc(CC(NC(=O)C2CSCN2)C(=O)O)cc1)c1c(Cl)cccc1Cl. The number of benzene rings is 2. The summed E-state index contributed by atoms with van der Waals surface area (Å²) in [6.07, 6.45) is 0.117. The largest absolute Gasteiger partial charge is 0.480 e. The van der Waals surface area contributed by atoms with Gasteiger partial charge in [0.1, 0.15) is 6.04 Å². The molecular weight excluding hydrogens is 449 g/mol. The third kappa shape index (κ3) is 5.66. The summed E-state index contributed by atoms with van der Waals surface area (Å²) < 4.78 is 0. The Balaban J connectivity index is 1.63. The Morgan fingerprint density at radius 2 is 1.80 bits per heavy atom. The molecule has 158 valence electrons. The van der Waals surface area contributed by atoms with E-state index in [-0.39, 0.29) is 34.0 Å². The second-order valence-electron chi connectivity index (χ2n) is 6.62. The van der Waals surface area contributed by atoms with Crippen LogP contribution in [0.2, 0.25) is 10.0 Å². The number of amides is 2. The van der Waals surface area contributed by atoms with Crippen LogP contribution in [0.1, 0.15) is 15.9 Å². The normalized spacial score (nSPS) is 16.7. The summed E-state index contributed by atoms with van der Waals surface area (Å²) in [5.41, 5.74) is 1.38. The summed E-state index contributed by atoms with van der Waals surface area (Å²) in [5, 5.41) is 18.2. The van der Waals surface area contributed by atoms with Crippen molar-refractivity contribution in [3.63, 3.8) is 0 Å². The lowest BCUT2D eigenvalue weighted by Crippen LogP contribution is -2.50. The van der Waals surface area contributed by atoms with Gasteiger partial charge in [-0.2, -0.15) is 0 Å². The van der Waals surface area contributed by atoms with Crippen molar-refractivity contribution in [1.29, 1.82) is 0 Å². The quantitative estimate of drug-likeness (QED) is 0.498. The fourth-order valence-corrected chi connectivity index (χ4v) is 4.42. The molecule has 1 aliphatic heterocycles. The highest BCUT2D eigenvalue weighted by atomic mass is 35.5. The van der Waals surface area contributed by atoms with Crippen LogP contribution < -0.4 is 16.0 Å². The van der Waals surface area contributed by atoms with Crippen LogP contribution in [0.15, 0.2) is 42.5 Å². The van der Waals surface area contributed by atoms with E-state index in [0.29, 0.717) is 22.9 Å². The summed E-state index contributed by atoms with van der Waals surface area (Å²) in [5.74, 6) is -0.603. The van der Waals surface area contributed by atoms with E-state index in [4.69, 9.17) is 23.2 Å². The van der Waals surface area contributed by atoms with Crippen molar-refractivity contribution < 1.29 is 19.5 Å². The minimum atomic E-state index is -1.11. The average Bonchev–Trinajstić information content (AvgIpc) is 3.23. The van der Waals surface area contributed by atoms with Gasteiger partial charge >= 0.3 is 5.97 Å². The number of hydrogen-bond donors (Lipinski definition) is 4. The number of carboxylic acid groups (broad SMARTS) is 1. The standard InChI is InChI=1S/C20H19Cl2N3O4S/c21-13-2-1-3-14(22)17(13)19(27)24-12-6-4-11(5-7-12)8-15(20(28)29)25-18(26)16-9-30-10-23-16/h1-7,15-16,23H,8-10H2,(H,24,27)(H,25,26)(H,28,29). The molecule has 1 saturated heterocycles. The number of carbonyl (C=O) groups is 3. The van der Waals surface area contributed by atoms with Gasteiger partial charge in [0.2, 0.25) is 5.91 Å². The number of halogens is 2. The van der Waals surface area contributed by atoms with E-state index in [9.17, 15) is 19.5 Å². The molecule has 1 fully saturated rings. The summed E-state index contributed by atoms with van der Waals surface area (Å²) >= 11 is 13.7. The van der Waals surface area contributed by atoms with Crippen molar-refractivity contribution in [3.8, 4) is 0 Å². The molecule has 2 aromatic carbocycles. The van der Waals surface area contributed by atoms with Gasteiger partial charge in [-0.1, -0.05) is 41.4 Å². The van der Waals surface area contributed by atoms with Gasteiger partial charge in [-0.25, -0.2) is 4.79 Å². The van der Waals surface area contributed by atoms with Gasteiger partial charge in [-0.05, 0) is 29.8 Å². The Labute approximate surface area is 187 Å². The molecule has 2 unspecified atom stereocenters. The number of anilines is 1. The first-order valence-corrected chi connectivity index (χ1v) is 10.9. The summed E-state index contributed by atoms with van der Waals surface area (Å²) in [6, 6.07) is 10.0. The van der Waals surface area contributed by atoms with Gasteiger partial charge in [0.15, 0.2) is 0 Å². The van der Waals surface area contributed by atoms with E-state index in [1.54, 1.807) is 54.2 Å². The number of carbonyl (C=O) groups excluding carboxylic acids is 2. The topological polar surface area (TPSA) is 108 Å². The highest BCUT2D eigenvalue weighted by Crippen LogP contribution is 2.25. The van der Waals surface area contributed by atoms with Crippen LogP contribution in [0, 0.1) is 0 Å². The van der Waals surface area contributed by atoms with Crippen molar-refractivity contribution >= 4 is 58.4 Å². The minimum Gasteiger partial charge on any atom is -0.480 e. The lowest BCUT2D eigenvalue weighted by molar-refractivity contribution is -0.142. The van der Waals surface area contributed by atoms with Crippen molar-refractivity contribution in [1.82, 2.24) is 10.6 Å². The molecule has 0 bridgehead atoms. The summed E-state index contributed by atoms with van der Waals surface area (Å²) in [4.78, 5) is 36.2. The Morgan fingerprint density at radius 1 is 1.13 bits per heavy atom. The second kappa shape index (κ2) is 10.2. The van der Waals surface area contributed by atoms with Crippen LogP contribution >= 0.6 is 35.0 Å². The molecule has 3 rings (SSSR count). The molecule has 0 spiro atoms. The van der Waals surface area contributed by atoms with Gasteiger partial charge in [0, 0.05) is 23.7 Å². The van der Waals surface area contributed by atoms with E-state index >= 15 is 0 Å². The zero-order valence-corrected chi connectivity index (χ0v) is 18.0. The maximum Gasteiger partial charge on any atom is 0.326 e. The molecule has 1 heterocycles. The molecule has 0 saturated carbocycles. The maximum absolute atomic E-state index is 12.4. The molecule has 0 aliphatic carbocycles. The van der Waals surface area contributed by atoms with E-state index in [0.717, 1.165) is 0 Å². The smallest absolute Gasteiger partial charge is 0.326 e. The van der Waals surface area contributed by atoms with Gasteiger partial charge in [-0.15, -0.1) is 11.8 Å². The zero-order chi connectivity index (χ0) is 21.7. The first-order valence-electron chi connectivity index (χ1n) is 9.03. The van der Waals surface area contributed by atoms with Gasteiger partial charge in [-0.3, -0.25) is 14.9 Å². The molecule has 2 aromatic rings. The van der Waals surface area contributed by atoms with Crippen LogP contribution in [-0.4, -0.2) is 46.6 Å². The van der Waals surface area contributed by atoms with Crippen molar-refractivity contribution in [2.45, 2.75) is 18.5 Å².